The number of carbonyl (C=O) groups excluding carboxylic acids is 1. The van der Waals surface area contributed by atoms with Crippen molar-refractivity contribution in [2.45, 2.75) is 6.42 Å². The zero-order valence-electron chi connectivity index (χ0n) is 8.29. The number of fused-ring (bicyclic) bond motifs is 1. The molecule has 4 nitrogen and oxygen atoms in total. The lowest BCUT2D eigenvalue weighted by Crippen LogP contribution is -2.25. The van der Waals surface area contributed by atoms with Crippen molar-refractivity contribution in [1.29, 1.82) is 0 Å². The van der Waals surface area contributed by atoms with E-state index in [1.54, 1.807) is 7.05 Å². The van der Waals surface area contributed by atoms with Crippen LogP contribution in [0.5, 0.6) is 5.75 Å². The molecule has 1 aromatic rings. The first-order chi connectivity index (χ1) is 7.09. The first kappa shape index (κ1) is 9.76. The van der Waals surface area contributed by atoms with E-state index in [-0.39, 0.29) is 24.6 Å². The second-order valence-electron chi connectivity index (χ2n) is 3.39. The second-order valence-corrected chi connectivity index (χ2v) is 3.39. The van der Waals surface area contributed by atoms with Gasteiger partial charge in [0.1, 0.15) is 5.82 Å². The van der Waals surface area contributed by atoms with Crippen LogP contribution in [0.15, 0.2) is 12.1 Å². The van der Waals surface area contributed by atoms with E-state index in [0.717, 1.165) is 0 Å². The maximum atomic E-state index is 13.1. The number of hydrogen-bond acceptors (Lipinski definition) is 3. The number of hydrogen-bond donors (Lipinski definition) is 1. The van der Waals surface area contributed by atoms with Gasteiger partial charge in [-0.2, -0.15) is 0 Å². The maximum absolute atomic E-state index is 13.1. The molecule has 1 amide bonds. The summed E-state index contributed by atoms with van der Waals surface area (Å²) in [6, 6.07) is 2.43. The fourth-order valence-corrected chi connectivity index (χ4v) is 1.55. The van der Waals surface area contributed by atoms with Crippen LogP contribution in [0, 0.1) is 5.82 Å². The Bertz CT molecular complexity index is 420. The van der Waals surface area contributed by atoms with Gasteiger partial charge in [0.05, 0.1) is 24.4 Å². The van der Waals surface area contributed by atoms with Crippen LogP contribution in [0.3, 0.4) is 0 Å². The second kappa shape index (κ2) is 3.42. The van der Waals surface area contributed by atoms with Crippen LogP contribution < -0.4 is 15.4 Å². The van der Waals surface area contributed by atoms with Crippen molar-refractivity contribution in [2.75, 3.05) is 24.3 Å². The van der Waals surface area contributed by atoms with E-state index in [4.69, 9.17) is 10.5 Å². The molecule has 0 aromatic heterocycles. The van der Waals surface area contributed by atoms with Gasteiger partial charge in [0.15, 0.2) is 5.75 Å². The Morgan fingerprint density at radius 2 is 2.27 bits per heavy atom. The van der Waals surface area contributed by atoms with Gasteiger partial charge in [-0.3, -0.25) is 4.79 Å². The number of rotatable bonds is 0. The lowest BCUT2D eigenvalue weighted by molar-refractivity contribution is -0.118. The summed E-state index contributed by atoms with van der Waals surface area (Å²) in [4.78, 5) is 12.8. The van der Waals surface area contributed by atoms with Crippen LogP contribution in [0.25, 0.3) is 0 Å². The van der Waals surface area contributed by atoms with Crippen molar-refractivity contribution in [1.82, 2.24) is 0 Å². The summed E-state index contributed by atoms with van der Waals surface area (Å²) >= 11 is 0. The lowest BCUT2D eigenvalue weighted by Gasteiger charge is -2.17. The molecule has 2 rings (SSSR count). The molecule has 0 saturated carbocycles. The molecule has 0 atom stereocenters. The average molecular weight is 210 g/mol. The van der Waals surface area contributed by atoms with Gasteiger partial charge < -0.3 is 15.4 Å². The Kier molecular flexibility index (Phi) is 2.22. The minimum Gasteiger partial charge on any atom is -0.489 e. The number of halogens is 1. The van der Waals surface area contributed by atoms with Crippen molar-refractivity contribution >= 4 is 17.3 Å². The van der Waals surface area contributed by atoms with Crippen LogP contribution in [0.2, 0.25) is 0 Å². The number of nitrogens with zero attached hydrogens (tertiary/aromatic N) is 1. The first-order valence-corrected chi connectivity index (χ1v) is 4.58. The van der Waals surface area contributed by atoms with E-state index in [9.17, 15) is 9.18 Å². The quantitative estimate of drug-likeness (QED) is 0.653. The Morgan fingerprint density at radius 3 is 3.00 bits per heavy atom. The summed E-state index contributed by atoms with van der Waals surface area (Å²) in [6.45, 7) is 0.270. The Morgan fingerprint density at radius 1 is 1.53 bits per heavy atom. The van der Waals surface area contributed by atoms with E-state index in [0.29, 0.717) is 11.4 Å². The Labute approximate surface area is 86.4 Å². The summed E-state index contributed by atoms with van der Waals surface area (Å²) in [5, 5.41) is 0. The molecule has 1 aromatic carbocycles. The number of anilines is 2. The van der Waals surface area contributed by atoms with E-state index >= 15 is 0 Å². The SMILES string of the molecule is CN1C(=O)CCOc2c(N)cc(F)cc21. The normalized spacial score (nSPS) is 15.6. The molecule has 80 valence electrons. The first-order valence-electron chi connectivity index (χ1n) is 4.58. The van der Waals surface area contributed by atoms with Gasteiger partial charge in [-0.1, -0.05) is 0 Å². The molecule has 1 aliphatic rings. The minimum absolute atomic E-state index is 0.112. The minimum atomic E-state index is -0.476. The molecule has 1 heterocycles. The summed E-state index contributed by atoms with van der Waals surface area (Å²) < 4.78 is 18.4. The van der Waals surface area contributed by atoms with Gasteiger partial charge in [0.25, 0.3) is 0 Å². The molecule has 0 saturated heterocycles. The molecule has 15 heavy (non-hydrogen) atoms. The molecule has 0 radical (unpaired) electrons. The molecule has 0 spiro atoms. The number of nitrogens with two attached hydrogens (primary N) is 1. The highest BCUT2D eigenvalue weighted by molar-refractivity contribution is 5.96. The molecule has 0 bridgehead atoms. The summed E-state index contributed by atoms with van der Waals surface area (Å²) in [5.74, 6) is -0.208. The van der Waals surface area contributed by atoms with Crippen molar-refractivity contribution in [3.05, 3.63) is 17.9 Å². The van der Waals surface area contributed by atoms with Gasteiger partial charge >= 0.3 is 0 Å². The zero-order chi connectivity index (χ0) is 11.0. The largest absolute Gasteiger partial charge is 0.489 e. The number of nitrogen functional groups attached to an aromatic ring is 1. The number of benzene rings is 1. The van der Waals surface area contributed by atoms with Crippen LogP contribution in [-0.2, 0) is 4.79 Å². The molecule has 1 aliphatic heterocycles. The number of ether oxygens (including phenoxy) is 1. The molecule has 0 aliphatic carbocycles. The van der Waals surface area contributed by atoms with E-state index in [1.165, 1.54) is 17.0 Å². The van der Waals surface area contributed by atoms with Crippen LogP contribution in [-0.4, -0.2) is 19.6 Å². The standard InChI is InChI=1S/C10H11FN2O2/c1-13-8-5-6(11)4-7(12)10(8)15-3-2-9(13)14/h4-5H,2-3,12H2,1H3. The predicted octanol–water partition coefficient (Wildman–Crippen LogP) is 1.15. The number of carbonyl (C=O) groups is 1. The fourth-order valence-electron chi connectivity index (χ4n) is 1.55. The van der Waals surface area contributed by atoms with Crippen molar-refractivity contribution < 1.29 is 13.9 Å². The molecule has 0 unspecified atom stereocenters. The van der Waals surface area contributed by atoms with Crippen LogP contribution >= 0.6 is 0 Å². The molecule has 2 N–H and O–H groups in total. The van der Waals surface area contributed by atoms with Gasteiger partial charge in [-0.15, -0.1) is 0 Å². The fraction of sp³-hybridized carbons (Fsp3) is 0.300. The zero-order valence-corrected chi connectivity index (χ0v) is 8.29. The van der Waals surface area contributed by atoms with Gasteiger partial charge in [0.2, 0.25) is 5.91 Å². The van der Waals surface area contributed by atoms with Gasteiger partial charge in [-0.25, -0.2) is 4.39 Å². The molecule has 0 fully saturated rings. The van der Waals surface area contributed by atoms with Crippen molar-refractivity contribution in [3.8, 4) is 5.75 Å². The highest BCUT2D eigenvalue weighted by atomic mass is 19.1. The van der Waals surface area contributed by atoms with Crippen molar-refractivity contribution in [3.63, 3.8) is 0 Å². The number of amides is 1. The van der Waals surface area contributed by atoms with E-state index in [1.807, 2.05) is 0 Å². The van der Waals surface area contributed by atoms with E-state index < -0.39 is 5.82 Å². The average Bonchev–Trinajstić information content (AvgIpc) is 2.30. The van der Waals surface area contributed by atoms with Gasteiger partial charge in [0, 0.05) is 19.2 Å². The third-order valence-corrected chi connectivity index (χ3v) is 2.36. The predicted molar refractivity (Wildman–Crippen MR) is 54.3 cm³/mol. The Hall–Kier alpha value is -1.78. The van der Waals surface area contributed by atoms with Crippen LogP contribution in [0.1, 0.15) is 6.42 Å². The smallest absolute Gasteiger partial charge is 0.230 e. The van der Waals surface area contributed by atoms with E-state index in [2.05, 4.69) is 0 Å². The highest BCUT2D eigenvalue weighted by Crippen LogP contribution is 2.36. The van der Waals surface area contributed by atoms with Crippen molar-refractivity contribution in [2.24, 2.45) is 0 Å². The summed E-state index contributed by atoms with van der Waals surface area (Å²) in [6.07, 6.45) is 0.270. The maximum Gasteiger partial charge on any atom is 0.230 e. The summed E-state index contributed by atoms with van der Waals surface area (Å²) in [7, 11) is 1.58. The third-order valence-electron chi connectivity index (χ3n) is 2.36. The lowest BCUT2D eigenvalue weighted by atomic mass is 10.2. The molecular weight excluding hydrogens is 199 g/mol. The monoisotopic (exact) mass is 210 g/mol. The molecular formula is C10H11FN2O2. The van der Waals surface area contributed by atoms with Gasteiger partial charge in [-0.05, 0) is 0 Å². The third kappa shape index (κ3) is 1.60. The van der Waals surface area contributed by atoms with Crippen LogP contribution in [0.4, 0.5) is 15.8 Å². The Balaban J connectivity index is 2.58. The highest BCUT2D eigenvalue weighted by Gasteiger charge is 2.22. The molecule has 5 heteroatoms. The topological polar surface area (TPSA) is 55.6 Å². The summed E-state index contributed by atoms with van der Waals surface area (Å²) in [5.41, 5.74) is 6.21.